The van der Waals surface area contributed by atoms with E-state index in [4.69, 9.17) is 4.84 Å². The maximum absolute atomic E-state index is 12.1. The maximum atomic E-state index is 12.1. The third-order valence-corrected chi connectivity index (χ3v) is 2.81. The lowest BCUT2D eigenvalue weighted by molar-refractivity contribution is 0.0260. The molecule has 1 heterocycles. The molecule has 0 unspecified atom stereocenters. The van der Waals surface area contributed by atoms with E-state index in [1.165, 1.54) is 4.68 Å². The third-order valence-electron chi connectivity index (χ3n) is 2.81. The molecule has 2 aromatic rings. The van der Waals surface area contributed by atoms with E-state index in [0.29, 0.717) is 24.2 Å². The molecule has 0 saturated heterocycles. The van der Waals surface area contributed by atoms with Crippen LogP contribution in [0, 0.1) is 0 Å². The first-order chi connectivity index (χ1) is 9.77. The van der Waals surface area contributed by atoms with Crippen LogP contribution in [0.1, 0.15) is 29.4 Å². The zero-order valence-electron chi connectivity index (χ0n) is 11.3. The quantitative estimate of drug-likeness (QED) is 0.455. The molecule has 0 fully saturated rings. The van der Waals surface area contributed by atoms with Crippen molar-refractivity contribution >= 4 is 6.29 Å². The Labute approximate surface area is 116 Å². The summed E-state index contributed by atoms with van der Waals surface area (Å²) in [5, 5.41) is 2.90. The molecule has 0 bridgehead atoms. The molecular formula is C14H17N3O3. The SMILES string of the molecule is CCCNOCc1[nH]n(-c2ccccc2)c(=O)c1C=O. The molecule has 106 valence electrons. The fourth-order valence-corrected chi connectivity index (χ4v) is 1.78. The Bertz CT molecular complexity index is 616. The number of rotatable bonds is 7. The number of para-hydroxylation sites is 1. The number of carbonyl (C=O) groups is 1. The average molecular weight is 275 g/mol. The molecule has 6 heteroatoms. The number of benzene rings is 1. The first-order valence-electron chi connectivity index (χ1n) is 6.47. The van der Waals surface area contributed by atoms with E-state index < -0.39 is 0 Å². The first kappa shape index (κ1) is 14.2. The molecule has 1 aromatic heterocycles. The molecule has 0 aliphatic heterocycles. The summed E-state index contributed by atoms with van der Waals surface area (Å²) in [5.74, 6) is 0. The Kier molecular flexibility index (Phi) is 4.86. The van der Waals surface area contributed by atoms with E-state index in [1.807, 2.05) is 25.1 Å². The number of aromatic amines is 1. The van der Waals surface area contributed by atoms with Crippen molar-refractivity contribution in [3.8, 4) is 5.69 Å². The van der Waals surface area contributed by atoms with Crippen molar-refractivity contribution in [2.24, 2.45) is 0 Å². The minimum Gasteiger partial charge on any atom is -0.298 e. The van der Waals surface area contributed by atoms with Crippen LogP contribution < -0.4 is 11.0 Å². The van der Waals surface area contributed by atoms with Crippen LogP contribution in [0.25, 0.3) is 5.69 Å². The molecule has 0 atom stereocenters. The van der Waals surface area contributed by atoms with Crippen LogP contribution in [-0.4, -0.2) is 22.6 Å². The van der Waals surface area contributed by atoms with Gasteiger partial charge < -0.3 is 0 Å². The highest BCUT2D eigenvalue weighted by molar-refractivity contribution is 5.76. The molecule has 20 heavy (non-hydrogen) atoms. The maximum Gasteiger partial charge on any atom is 0.282 e. The number of H-pyrrole nitrogens is 1. The number of nitrogens with zero attached hydrogens (tertiary/aromatic N) is 1. The molecule has 0 spiro atoms. The molecule has 6 nitrogen and oxygen atoms in total. The van der Waals surface area contributed by atoms with Crippen LogP contribution in [0.3, 0.4) is 0 Å². The van der Waals surface area contributed by atoms with Gasteiger partial charge in [0.15, 0.2) is 6.29 Å². The molecule has 0 aliphatic carbocycles. The number of carbonyl (C=O) groups excluding carboxylic acids is 1. The first-order valence-corrected chi connectivity index (χ1v) is 6.47. The summed E-state index contributed by atoms with van der Waals surface area (Å²) < 4.78 is 1.34. The van der Waals surface area contributed by atoms with Gasteiger partial charge in [0.1, 0.15) is 12.2 Å². The van der Waals surface area contributed by atoms with Gasteiger partial charge in [0.25, 0.3) is 5.56 Å². The number of aromatic nitrogens is 2. The monoisotopic (exact) mass is 275 g/mol. The molecular weight excluding hydrogens is 258 g/mol. The Morgan fingerprint density at radius 1 is 1.35 bits per heavy atom. The van der Waals surface area contributed by atoms with Crippen molar-refractivity contribution in [1.29, 1.82) is 0 Å². The standard InChI is InChI=1S/C14H17N3O3/c1-2-8-15-20-10-13-12(9-18)14(19)17(16-13)11-6-4-3-5-7-11/h3-7,9,15-16H,2,8,10H2,1H3. The summed E-state index contributed by atoms with van der Waals surface area (Å²) in [6.45, 7) is 2.85. The van der Waals surface area contributed by atoms with Crippen molar-refractivity contribution in [1.82, 2.24) is 15.3 Å². The molecule has 0 radical (unpaired) electrons. The summed E-state index contributed by atoms with van der Waals surface area (Å²) in [7, 11) is 0. The van der Waals surface area contributed by atoms with E-state index in [1.54, 1.807) is 12.1 Å². The number of nitrogens with one attached hydrogen (secondary N) is 2. The highest BCUT2D eigenvalue weighted by Gasteiger charge is 2.14. The van der Waals surface area contributed by atoms with Crippen LogP contribution in [0.2, 0.25) is 0 Å². The highest BCUT2D eigenvalue weighted by atomic mass is 16.6. The minimum absolute atomic E-state index is 0.0900. The van der Waals surface area contributed by atoms with Gasteiger partial charge in [0, 0.05) is 6.54 Å². The largest absolute Gasteiger partial charge is 0.298 e. The molecule has 2 rings (SSSR count). The smallest absolute Gasteiger partial charge is 0.282 e. The number of aldehydes is 1. The Balaban J connectivity index is 2.25. The summed E-state index contributed by atoms with van der Waals surface area (Å²) in [6.07, 6.45) is 1.48. The average Bonchev–Trinajstić information content (AvgIpc) is 2.80. The van der Waals surface area contributed by atoms with Crippen molar-refractivity contribution in [3.05, 3.63) is 51.9 Å². The zero-order valence-corrected chi connectivity index (χ0v) is 11.3. The van der Waals surface area contributed by atoms with Crippen molar-refractivity contribution in [2.75, 3.05) is 6.54 Å². The number of hydrogen-bond acceptors (Lipinski definition) is 4. The van der Waals surface area contributed by atoms with Gasteiger partial charge in [-0.05, 0) is 18.6 Å². The van der Waals surface area contributed by atoms with Crippen molar-refractivity contribution in [3.63, 3.8) is 0 Å². The van der Waals surface area contributed by atoms with Crippen molar-refractivity contribution in [2.45, 2.75) is 20.0 Å². The molecule has 0 saturated carbocycles. The predicted octanol–water partition coefficient (Wildman–Crippen LogP) is 1.41. The molecule has 2 N–H and O–H groups in total. The van der Waals surface area contributed by atoms with Gasteiger partial charge >= 0.3 is 0 Å². The summed E-state index contributed by atoms with van der Waals surface area (Å²) in [6, 6.07) is 9.07. The van der Waals surface area contributed by atoms with Crippen LogP contribution >= 0.6 is 0 Å². The topological polar surface area (TPSA) is 76.1 Å². The van der Waals surface area contributed by atoms with Crippen molar-refractivity contribution < 1.29 is 9.63 Å². The second kappa shape index (κ2) is 6.83. The third kappa shape index (κ3) is 3.04. The van der Waals surface area contributed by atoms with Gasteiger partial charge in [-0.15, -0.1) is 0 Å². The lowest BCUT2D eigenvalue weighted by Crippen LogP contribution is -2.17. The fourth-order valence-electron chi connectivity index (χ4n) is 1.78. The van der Waals surface area contributed by atoms with Crippen LogP contribution in [-0.2, 0) is 11.4 Å². The lowest BCUT2D eigenvalue weighted by atomic mass is 10.3. The second-order valence-electron chi connectivity index (χ2n) is 4.28. The molecule has 0 aliphatic rings. The van der Waals surface area contributed by atoms with Crippen LogP contribution in [0.4, 0.5) is 0 Å². The minimum atomic E-state index is -0.375. The zero-order chi connectivity index (χ0) is 14.4. The highest BCUT2D eigenvalue weighted by Crippen LogP contribution is 2.07. The number of hydrogen-bond donors (Lipinski definition) is 2. The normalized spacial score (nSPS) is 10.7. The fraction of sp³-hybridized carbons (Fsp3) is 0.286. The van der Waals surface area contributed by atoms with Crippen LogP contribution in [0.5, 0.6) is 0 Å². The second-order valence-corrected chi connectivity index (χ2v) is 4.28. The van der Waals surface area contributed by atoms with Crippen LogP contribution in [0.15, 0.2) is 35.1 Å². The number of hydroxylamine groups is 1. The molecule has 1 aromatic carbocycles. The van der Waals surface area contributed by atoms with E-state index in [2.05, 4.69) is 10.6 Å². The van der Waals surface area contributed by atoms with E-state index in [9.17, 15) is 9.59 Å². The summed E-state index contributed by atoms with van der Waals surface area (Å²) in [5.41, 5.74) is 3.60. The van der Waals surface area contributed by atoms with E-state index in [-0.39, 0.29) is 17.7 Å². The van der Waals surface area contributed by atoms with Gasteiger partial charge in [-0.1, -0.05) is 25.1 Å². The Hall–Kier alpha value is -2.18. The van der Waals surface area contributed by atoms with Gasteiger partial charge in [0.2, 0.25) is 0 Å². The van der Waals surface area contributed by atoms with E-state index in [0.717, 1.165) is 6.42 Å². The van der Waals surface area contributed by atoms with Gasteiger partial charge in [-0.3, -0.25) is 19.5 Å². The lowest BCUT2D eigenvalue weighted by Gasteiger charge is -2.03. The predicted molar refractivity (Wildman–Crippen MR) is 74.9 cm³/mol. The van der Waals surface area contributed by atoms with Gasteiger partial charge in [0.05, 0.1) is 11.4 Å². The van der Waals surface area contributed by atoms with E-state index >= 15 is 0 Å². The molecule has 0 amide bonds. The Morgan fingerprint density at radius 2 is 2.10 bits per heavy atom. The summed E-state index contributed by atoms with van der Waals surface area (Å²) >= 11 is 0. The Morgan fingerprint density at radius 3 is 2.75 bits per heavy atom. The van der Waals surface area contributed by atoms with Gasteiger partial charge in [-0.2, -0.15) is 0 Å². The summed E-state index contributed by atoms with van der Waals surface area (Å²) in [4.78, 5) is 28.4. The van der Waals surface area contributed by atoms with Gasteiger partial charge in [-0.25, -0.2) is 10.2 Å².